The van der Waals surface area contributed by atoms with Crippen molar-refractivity contribution in [1.29, 1.82) is 0 Å². The van der Waals surface area contributed by atoms with Crippen LogP contribution in [0, 0.1) is 0 Å². The van der Waals surface area contributed by atoms with Crippen molar-refractivity contribution in [2.24, 2.45) is 0 Å². The van der Waals surface area contributed by atoms with Crippen LogP contribution in [0.25, 0.3) is 10.9 Å². The molecule has 0 aliphatic carbocycles. The number of nitrogens with zero attached hydrogens (tertiary/aromatic N) is 1. The molecule has 0 aliphatic rings. The van der Waals surface area contributed by atoms with Crippen molar-refractivity contribution < 1.29 is 9.90 Å². The summed E-state index contributed by atoms with van der Waals surface area (Å²) >= 11 is 0. The number of aromatic nitrogens is 1. The molecule has 0 unspecified atom stereocenters. The molecule has 26 heavy (non-hydrogen) atoms. The number of rotatable bonds is 5. The third-order valence-electron chi connectivity index (χ3n) is 4.70. The van der Waals surface area contributed by atoms with Gasteiger partial charge < -0.3 is 9.67 Å². The average Bonchev–Trinajstić information content (AvgIpc) is 3.00. The van der Waals surface area contributed by atoms with Gasteiger partial charge in [0.15, 0.2) is 0 Å². The summed E-state index contributed by atoms with van der Waals surface area (Å²) in [4.78, 5) is 11.5. The highest BCUT2D eigenvalue weighted by atomic mass is 16.4. The second-order valence-corrected chi connectivity index (χ2v) is 6.42. The first kappa shape index (κ1) is 16.2. The average molecular weight is 341 g/mol. The minimum absolute atomic E-state index is 0.368. The lowest BCUT2D eigenvalue weighted by Crippen LogP contribution is -2.02. The van der Waals surface area contributed by atoms with Crippen molar-refractivity contribution in [3.8, 4) is 0 Å². The van der Waals surface area contributed by atoms with Gasteiger partial charge >= 0.3 is 5.97 Å². The Bertz CT molecular complexity index is 1060. The van der Waals surface area contributed by atoms with Gasteiger partial charge in [-0.05, 0) is 28.8 Å². The lowest BCUT2D eigenvalue weighted by atomic mass is 9.99. The van der Waals surface area contributed by atoms with Crippen LogP contribution in [-0.2, 0) is 13.0 Å². The van der Waals surface area contributed by atoms with E-state index in [1.165, 1.54) is 16.5 Å². The maximum atomic E-state index is 11.5. The Morgan fingerprint density at radius 1 is 0.808 bits per heavy atom. The summed E-state index contributed by atoms with van der Waals surface area (Å²) in [5.41, 5.74) is 4.75. The van der Waals surface area contributed by atoms with Crippen molar-refractivity contribution in [2.75, 3.05) is 0 Å². The lowest BCUT2D eigenvalue weighted by Gasteiger charge is -2.05. The summed E-state index contributed by atoms with van der Waals surface area (Å²) in [6.45, 7) is 0.794. The van der Waals surface area contributed by atoms with Crippen LogP contribution in [0.2, 0.25) is 0 Å². The van der Waals surface area contributed by atoms with E-state index in [0.29, 0.717) is 12.0 Å². The largest absolute Gasteiger partial charge is 0.478 e. The molecule has 1 N–H and O–H groups in total. The molecule has 0 aliphatic heterocycles. The fourth-order valence-electron chi connectivity index (χ4n) is 3.46. The Morgan fingerprint density at radius 3 is 2.31 bits per heavy atom. The first-order valence-corrected chi connectivity index (χ1v) is 8.64. The lowest BCUT2D eigenvalue weighted by molar-refractivity contribution is 0.0696. The number of hydrogen-bond acceptors (Lipinski definition) is 1. The number of benzene rings is 3. The van der Waals surface area contributed by atoms with E-state index < -0.39 is 5.97 Å². The van der Waals surface area contributed by atoms with E-state index in [9.17, 15) is 9.90 Å². The van der Waals surface area contributed by atoms with E-state index in [4.69, 9.17) is 0 Å². The van der Waals surface area contributed by atoms with E-state index in [-0.39, 0.29) is 0 Å². The molecule has 0 bridgehead atoms. The Hall–Kier alpha value is -3.33. The summed E-state index contributed by atoms with van der Waals surface area (Å²) in [6, 6.07) is 25.9. The van der Waals surface area contributed by atoms with Crippen LogP contribution in [0.3, 0.4) is 0 Å². The fourth-order valence-corrected chi connectivity index (χ4v) is 3.46. The number of para-hydroxylation sites is 1. The van der Waals surface area contributed by atoms with Crippen LogP contribution in [0.4, 0.5) is 0 Å². The molecule has 3 nitrogen and oxygen atoms in total. The van der Waals surface area contributed by atoms with E-state index in [0.717, 1.165) is 17.7 Å². The number of carboxylic acids is 1. The number of carboxylic acid groups (broad SMARTS) is 1. The van der Waals surface area contributed by atoms with Crippen molar-refractivity contribution in [1.82, 2.24) is 4.57 Å². The summed E-state index contributed by atoms with van der Waals surface area (Å²) in [7, 11) is 0. The minimum Gasteiger partial charge on any atom is -0.478 e. The topological polar surface area (TPSA) is 42.2 Å². The van der Waals surface area contributed by atoms with E-state index in [1.807, 2.05) is 42.5 Å². The zero-order valence-electron chi connectivity index (χ0n) is 14.3. The highest BCUT2D eigenvalue weighted by Crippen LogP contribution is 2.26. The standard InChI is InChI=1S/C23H19NO2/c25-23(26)21-12-5-4-10-18(21)14-19-16-24(15-17-8-2-1-3-9-17)22-13-7-6-11-20(19)22/h1-13,16H,14-15H2,(H,25,26). The molecule has 0 saturated heterocycles. The predicted octanol–water partition coefficient (Wildman–Crippen LogP) is 4.98. The molecular weight excluding hydrogens is 322 g/mol. The van der Waals surface area contributed by atoms with Crippen molar-refractivity contribution in [3.05, 3.63) is 107 Å². The van der Waals surface area contributed by atoms with Crippen molar-refractivity contribution in [3.63, 3.8) is 0 Å². The van der Waals surface area contributed by atoms with Crippen LogP contribution in [0.1, 0.15) is 27.0 Å². The Labute approximate surface area is 152 Å². The van der Waals surface area contributed by atoms with Crippen molar-refractivity contribution in [2.45, 2.75) is 13.0 Å². The van der Waals surface area contributed by atoms with Crippen LogP contribution < -0.4 is 0 Å². The molecule has 0 saturated carbocycles. The van der Waals surface area contributed by atoms with E-state index >= 15 is 0 Å². The Balaban J connectivity index is 1.76. The van der Waals surface area contributed by atoms with Gasteiger partial charge in [-0.25, -0.2) is 4.79 Å². The van der Waals surface area contributed by atoms with Gasteiger partial charge in [0.1, 0.15) is 0 Å². The second-order valence-electron chi connectivity index (χ2n) is 6.42. The smallest absolute Gasteiger partial charge is 0.335 e. The molecule has 1 aromatic heterocycles. The number of hydrogen-bond donors (Lipinski definition) is 1. The van der Waals surface area contributed by atoms with Crippen LogP contribution in [-0.4, -0.2) is 15.6 Å². The molecule has 128 valence electrons. The van der Waals surface area contributed by atoms with Crippen LogP contribution in [0.5, 0.6) is 0 Å². The molecule has 3 aromatic carbocycles. The number of aromatic carboxylic acids is 1. The van der Waals surface area contributed by atoms with Gasteiger partial charge in [0.05, 0.1) is 5.56 Å². The normalized spacial score (nSPS) is 10.9. The van der Waals surface area contributed by atoms with Gasteiger partial charge in [-0.2, -0.15) is 0 Å². The van der Waals surface area contributed by atoms with E-state index in [2.05, 4.69) is 35.0 Å². The SMILES string of the molecule is O=C(O)c1ccccc1Cc1cn(Cc2ccccc2)c2ccccc12. The van der Waals surface area contributed by atoms with Crippen LogP contribution >= 0.6 is 0 Å². The molecule has 0 amide bonds. The molecule has 1 heterocycles. The number of fused-ring (bicyclic) bond motifs is 1. The quantitative estimate of drug-likeness (QED) is 0.556. The fraction of sp³-hybridized carbons (Fsp3) is 0.0870. The Kier molecular flexibility index (Phi) is 4.28. The first-order chi connectivity index (χ1) is 12.7. The summed E-state index contributed by atoms with van der Waals surface area (Å²) in [6.07, 6.45) is 2.75. The molecule has 0 atom stereocenters. The minimum atomic E-state index is -0.881. The van der Waals surface area contributed by atoms with Crippen molar-refractivity contribution >= 4 is 16.9 Å². The van der Waals surface area contributed by atoms with Gasteiger partial charge in [-0.15, -0.1) is 0 Å². The Morgan fingerprint density at radius 2 is 1.50 bits per heavy atom. The maximum Gasteiger partial charge on any atom is 0.335 e. The summed E-state index contributed by atoms with van der Waals surface area (Å²) in [5.74, 6) is -0.881. The van der Waals surface area contributed by atoms with Gasteiger partial charge in [0.25, 0.3) is 0 Å². The summed E-state index contributed by atoms with van der Waals surface area (Å²) in [5, 5.41) is 10.6. The second kappa shape index (κ2) is 6.89. The van der Waals surface area contributed by atoms with Gasteiger partial charge in [0, 0.05) is 30.1 Å². The van der Waals surface area contributed by atoms with E-state index in [1.54, 1.807) is 12.1 Å². The third-order valence-corrected chi connectivity index (χ3v) is 4.70. The molecule has 4 rings (SSSR count). The molecule has 4 aromatic rings. The zero-order chi connectivity index (χ0) is 17.9. The molecule has 3 heteroatoms. The summed E-state index contributed by atoms with van der Waals surface area (Å²) < 4.78 is 2.24. The van der Waals surface area contributed by atoms with Crippen LogP contribution in [0.15, 0.2) is 85.1 Å². The molecule has 0 spiro atoms. The van der Waals surface area contributed by atoms with Gasteiger partial charge in [-0.1, -0.05) is 66.7 Å². The molecular formula is C23H19NO2. The molecule has 0 radical (unpaired) electrons. The maximum absolute atomic E-state index is 11.5. The van der Waals surface area contributed by atoms with Gasteiger partial charge in [0.2, 0.25) is 0 Å². The molecule has 0 fully saturated rings. The monoisotopic (exact) mass is 341 g/mol. The highest BCUT2D eigenvalue weighted by Gasteiger charge is 2.13. The third kappa shape index (κ3) is 3.11. The van der Waals surface area contributed by atoms with Gasteiger partial charge in [-0.3, -0.25) is 0 Å². The zero-order valence-corrected chi connectivity index (χ0v) is 14.3. The first-order valence-electron chi connectivity index (χ1n) is 8.64. The predicted molar refractivity (Wildman–Crippen MR) is 104 cm³/mol. The number of carbonyl (C=O) groups is 1. The highest BCUT2D eigenvalue weighted by molar-refractivity contribution is 5.90.